The molecule has 1 aromatic carbocycles. The van der Waals surface area contributed by atoms with Gasteiger partial charge in [-0.2, -0.15) is 10.2 Å². The average molecular weight is 367 g/mol. The zero-order chi connectivity index (χ0) is 19.6. The smallest absolute Gasteiger partial charge is 0.227 e. The molecule has 0 spiro atoms. The Kier molecular flexibility index (Phi) is 5.36. The van der Waals surface area contributed by atoms with Crippen LogP contribution in [0.3, 0.4) is 0 Å². The van der Waals surface area contributed by atoms with Gasteiger partial charge < -0.3 is 11.1 Å². The van der Waals surface area contributed by atoms with E-state index in [2.05, 4.69) is 25.6 Å². The summed E-state index contributed by atoms with van der Waals surface area (Å²) in [5.41, 5.74) is 10.3. The highest BCUT2D eigenvalue weighted by molar-refractivity contribution is 5.92. The molecule has 8 heteroatoms. The zero-order valence-electron chi connectivity index (χ0n) is 16.1. The van der Waals surface area contributed by atoms with E-state index in [4.69, 9.17) is 5.73 Å². The van der Waals surface area contributed by atoms with Gasteiger partial charge in [0, 0.05) is 29.9 Å². The van der Waals surface area contributed by atoms with Crippen LogP contribution in [0.15, 0.2) is 24.3 Å². The topological polar surface area (TPSA) is 115 Å². The number of hydrogen-bond acceptors (Lipinski definition) is 5. The Morgan fingerprint density at radius 2 is 2.00 bits per heavy atom. The van der Waals surface area contributed by atoms with Crippen molar-refractivity contribution < 1.29 is 4.79 Å². The van der Waals surface area contributed by atoms with Crippen molar-refractivity contribution in [3.8, 4) is 11.4 Å². The van der Waals surface area contributed by atoms with Crippen molar-refractivity contribution in [3.63, 3.8) is 0 Å². The maximum absolute atomic E-state index is 12.6. The van der Waals surface area contributed by atoms with E-state index < -0.39 is 0 Å². The Hall–Kier alpha value is -3.00. The van der Waals surface area contributed by atoms with Gasteiger partial charge in [0.1, 0.15) is 5.82 Å². The summed E-state index contributed by atoms with van der Waals surface area (Å²) in [6.07, 6.45) is 0.661. The molecule has 8 nitrogen and oxygen atoms in total. The van der Waals surface area contributed by atoms with Crippen molar-refractivity contribution in [2.75, 3.05) is 5.32 Å². The minimum absolute atomic E-state index is 0.0197. The molecule has 2 heterocycles. The highest BCUT2D eigenvalue weighted by Gasteiger charge is 2.18. The molecule has 2 aromatic heterocycles. The molecule has 0 radical (unpaired) electrons. The van der Waals surface area contributed by atoms with Gasteiger partial charge in [0.2, 0.25) is 5.91 Å². The van der Waals surface area contributed by atoms with Crippen molar-refractivity contribution in [1.82, 2.24) is 25.0 Å². The SMILES string of the molecule is Cc1nn(C)c(C)c1CC(C)C(=O)Nc1ccc(-c2n[nH]c(CN)n2)cc1. The van der Waals surface area contributed by atoms with Crippen LogP contribution in [-0.4, -0.2) is 30.9 Å². The summed E-state index contributed by atoms with van der Waals surface area (Å²) in [5.74, 6) is 1.04. The second-order valence-electron chi connectivity index (χ2n) is 6.75. The first-order chi connectivity index (χ1) is 12.9. The van der Waals surface area contributed by atoms with Gasteiger partial charge in [-0.05, 0) is 50.1 Å². The molecule has 1 amide bonds. The molecule has 0 saturated carbocycles. The van der Waals surface area contributed by atoms with Gasteiger partial charge in [-0.1, -0.05) is 6.92 Å². The van der Waals surface area contributed by atoms with Crippen LogP contribution < -0.4 is 11.1 Å². The van der Waals surface area contributed by atoms with Crippen LogP contribution in [0.1, 0.15) is 29.7 Å². The summed E-state index contributed by atoms with van der Waals surface area (Å²) in [7, 11) is 1.92. The van der Waals surface area contributed by atoms with E-state index in [-0.39, 0.29) is 11.8 Å². The summed E-state index contributed by atoms with van der Waals surface area (Å²) in [6.45, 7) is 6.25. The number of anilines is 1. The molecule has 0 aliphatic rings. The van der Waals surface area contributed by atoms with Gasteiger partial charge in [0.05, 0.1) is 12.2 Å². The number of aryl methyl sites for hydroxylation is 2. The third-order valence-corrected chi connectivity index (χ3v) is 4.75. The number of aromatic amines is 1. The molecule has 3 rings (SSSR count). The van der Waals surface area contributed by atoms with Gasteiger partial charge in [-0.3, -0.25) is 14.6 Å². The molecular formula is C19H25N7O. The highest BCUT2D eigenvalue weighted by Crippen LogP contribution is 2.20. The van der Waals surface area contributed by atoms with E-state index >= 15 is 0 Å². The quantitative estimate of drug-likeness (QED) is 0.617. The largest absolute Gasteiger partial charge is 0.326 e. The molecule has 0 aliphatic heterocycles. The third-order valence-electron chi connectivity index (χ3n) is 4.75. The number of benzene rings is 1. The van der Waals surface area contributed by atoms with Crippen molar-refractivity contribution in [2.45, 2.75) is 33.7 Å². The molecule has 142 valence electrons. The lowest BCUT2D eigenvalue weighted by atomic mass is 9.98. The van der Waals surface area contributed by atoms with Crippen LogP contribution in [0.25, 0.3) is 11.4 Å². The van der Waals surface area contributed by atoms with Gasteiger partial charge in [-0.25, -0.2) is 4.98 Å². The Morgan fingerprint density at radius 3 is 2.56 bits per heavy atom. The first kappa shape index (κ1) is 18.8. The second-order valence-corrected chi connectivity index (χ2v) is 6.75. The number of nitrogens with one attached hydrogen (secondary N) is 2. The maximum Gasteiger partial charge on any atom is 0.227 e. The molecule has 0 bridgehead atoms. The molecule has 0 fully saturated rings. The first-order valence-corrected chi connectivity index (χ1v) is 8.90. The summed E-state index contributed by atoms with van der Waals surface area (Å²) in [6, 6.07) is 7.44. The van der Waals surface area contributed by atoms with E-state index in [0.29, 0.717) is 24.6 Å². The fourth-order valence-corrected chi connectivity index (χ4v) is 3.00. The highest BCUT2D eigenvalue weighted by atomic mass is 16.1. The fourth-order valence-electron chi connectivity index (χ4n) is 3.00. The maximum atomic E-state index is 12.6. The van der Waals surface area contributed by atoms with Gasteiger partial charge in [-0.15, -0.1) is 0 Å². The van der Waals surface area contributed by atoms with Crippen LogP contribution in [0.4, 0.5) is 5.69 Å². The van der Waals surface area contributed by atoms with Gasteiger partial charge in [0.25, 0.3) is 0 Å². The normalized spacial score (nSPS) is 12.2. The molecule has 0 saturated heterocycles. The number of amides is 1. The lowest BCUT2D eigenvalue weighted by Crippen LogP contribution is -2.22. The van der Waals surface area contributed by atoms with Gasteiger partial charge >= 0.3 is 0 Å². The molecule has 4 N–H and O–H groups in total. The van der Waals surface area contributed by atoms with Crippen LogP contribution >= 0.6 is 0 Å². The van der Waals surface area contributed by atoms with E-state index in [1.165, 1.54) is 0 Å². The molecule has 1 unspecified atom stereocenters. The predicted molar refractivity (Wildman–Crippen MR) is 104 cm³/mol. The summed E-state index contributed by atoms with van der Waals surface area (Å²) in [4.78, 5) is 16.9. The molecule has 1 atom stereocenters. The number of nitrogens with two attached hydrogens (primary N) is 1. The Labute approximate surface area is 158 Å². The number of nitrogens with zero attached hydrogens (tertiary/aromatic N) is 4. The number of aromatic nitrogens is 5. The average Bonchev–Trinajstić information content (AvgIpc) is 3.23. The minimum atomic E-state index is -0.161. The van der Waals surface area contributed by atoms with Crippen molar-refractivity contribution in [3.05, 3.63) is 47.0 Å². The van der Waals surface area contributed by atoms with Crippen LogP contribution in [0.2, 0.25) is 0 Å². The van der Waals surface area contributed by atoms with Crippen LogP contribution in [0, 0.1) is 19.8 Å². The number of carbonyl (C=O) groups is 1. The number of carbonyl (C=O) groups excluding carboxylic acids is 1. The third kappa shape index (κ3) is 4.06. The molecule has 3 aromatic rings. The van der Waals surface area contributed by atoms with Crippen molar-refractivity contribution in [1.29, 1.82) is 0 Å². The predicted octanol–water partition coefficient (Wildman–Crippen LogP) is 2.10. The first-order valence-electron chi connectivity index (χ1n) is 8.90. The van der Waals surface area contributed by atoms with E-state index in [1.807, 2.05) is 56.8 Å². The standard InChI is InChI=1S/C19H25N7O/c1-11(9-16-12(2)25-26(4)13(16)3)19(27)21-15-7-5-14(6-8-15)18-22-17(10-20)23-24-18/h5-8,11H,9-10,20H2,1-4H3,(H,21,27)(H,22,23,24). The lowest BCUT2D eigenvalue weighted by Gasteiger charge is -2.13. The number of rotatable bonds is 6. The Bertz CT molecular complexity index is 940. The minimum Gasteiger partial charge on any atom is -0.326 e. The van der Waals surface area contributed by atoms with E-state index in [0.717, 1.165) is 28.2 Å². The van der Waals surface area contributed by atoms with Crippen molar-refractivity contribution in [2.24, 2.45) is 18.7 Å². The van der Waals surface area contributed by atoms with E-state index in [1.54, 1.807) is 0 Å². The number of hydrogen-bond donors (Lipinski definition) is 3. The zero-order valence-corrected chi connectivity index (χ0v) is 16.1. The second kappa shape index (κ2) is 7.71. The number of H-pyrrole nitrogens is 1. The van der Waals surface area contributed by atoms with Crippen LogP contribution in [0.5, 0.6) is 0 Å². The fraction of sp³-hybridized carbons (Fsp3) is 0.368. The molecular weight excluding hydrogens is 342 g/mol. The summed E-state index contributed by atoms with van der Waals surface area (Å²) >= 11 is 0. The Balaban J connectivity index is 1.64. The summed E-state index contributed by atoms with van der Waals surface area (Å²) < 4.78 is 1.85. The van der Waals surface area contributed by atoms with Crippen molar-refractivity contribution >= 4 is 11.6 Å². The monoisotopic (exact) mass is 367 g/mol. The van der Waals surface area contributed by atoms with Crippen LogP contribution in [-0.2, 0) is 24.8 Å². The Morgan fingerprint density at radius 1 is 1.30 bits per heavy atom. The lowest BCUT2D eigenvalue weighted by molar-refractivity contribution is -0.119. The molecule has 27 heavy (non-hydrogen) atoms. The van der Waals surface area contributed by atoms with Gasteiger partial charge in [0.15, 0.2) is 5.82 Å². The molecule has 0 aliphatic carbocycles. The summed E-state index contributed by atoms with van der Waals surface area (Å²) in [5, 5.41) is 14.3. The van der Waals surface area contributed by atoms with E-state index in [9.17, 15) is 4.79 Å².